The zero-order chi connectivity index (χ0) is 30.1. The van der Waals surface area contributed by atoms with E-state index in [2.05, 4.69) is 32.2 Å². The molecular weight excluding hydrogens is 552 g/mol. The van der Waals surface area contributed by atoms with Gasteiger partial charge in [0.2, 0.25) is 15.9 Å². The van der Waals surface area contributed by atoms with Crippen LogP contribution in [0.15, 0.2) is 65.8 Å². The summed E-state index contributed by atoms with van der Waals surface area (Å²) in [7, 11) is -4.25. The number of anilines is 2. The maximum Gasteiger partial charge on any atom is 0.243 e. The van der Waals surface area contributed by atoms with Crippen molar-refractivity contribution in [3.8, 4) is 11.3 Å². The Morgan fingerprint density at radius 3 is 2.64 bits per heavy atom. The molecular formula is C31H40N6O4S. The molecule has 5 N–H and O–H groups in total. The molecule has 11 heteroatoms. The van der Waals surface area contributed by atoms with Gasteiger partial charge in [-0.25, -0.2) is 18.1 Å². The number of ketones is 1. The number of carbonyl (C=O) groups excluding carboxylic acids is 2. The van der Waals surface area contributed by atoms with Crippen LogP contribution in [0.3, 0.4) is 0 Å². The number of hydrogen-bond acceptors (Lipinski definition) is 8. The highest BCUT2D eigenvalue weighted by Gasteiger charge is 2.36. The molecule has 3 aromatic rings. The van der Waals surface area contributed by atoms with E-state index < -0.39 is 16.1 Å². The normalized spacial score (nSPS) is 17.9. The number of benzene rings is 1. The molecule has 1 saturated heterocycles. The van der Waals surface area contributed by atoms with E-state index in [0.29, 0.717) is 42.9 Å². The average molecular weight is 593 g/mol. The van der Waals surface area contributed by atoms with Crippen LogP contribution in [0.2, 0.25) is 0 Å². The van der Waals surface area contributed by atoms with E-state index in [-0.39, 0.29) is 40.5 Å². The van der Waals surface area contributed by atoms with Crippen molar-refractivity contribution in [3.05, 3.63) is 66.5 Å². The monoisotopic (exact) mass is 592 g/mol. The van der Waals surface area contributed by atoms with Gasteiger partial charge in [-0.3, -0.25) is 14.6 Å². The molecule has 3 atom stereocenters. The van der Waals surface area contributed by atoms with Gasteiger partial charge >= 0.3 is 0 Å². The zero-order valence-corrected chi connectivity index (χ0v) is 25.0. The molecule has 42 heavy (non-hydrogen) atoms. The summed E-state index contributed by atoms with van der Waals surface area (Å²) < 4.78 is 30.8. The van der Waals surface area contributed by atoms with Crippen molar-refractivity contribution in [1.82, 2.24) is 20.0 Å². The number of piperidine rings is 1. The molecule has 0 aliphatic carbocycles. The first-order chi connectivity index (χ1) is 20.2. The van der Waals surface area contributed by atoms with Crippen molar-refractivity contribution in [1.29, 1.82) is 0 Å². The largest absolute Gasteiger partial charge is 0.384 e. The standard InChI is InChI=1S/C31H40N6O4S/c1-3-22-15-17-33-20-24(22)31(39)27(10-7-8-21-11-14-29(32)35-19-21)37-42(40,41)28-18-23(25-9-5-6-16-34-25)12-13-26(28)36-30(38)4-2/h5-6,9,11-14,16,18-19,22,24,27,33,37H,3-4,7-8,10,15,17,20H2,1-2H3,(H2,32,35)(H,36,38). The topological polar surface area (TPSA) is 156 Å². The lowest BCUT2D eigenvalue weighted by Crippen LogP contribution is -2.50. The molecule has 2 aromatic heterocycles. The summed E-state index contributed by atoms with van der Waals surface area (Å²) in [5.74, 6) is -0.129. The number of aromatic nitrogens is 2. The quantitative estimate of drug-likeness (QED) is 0.232. The van der Waals surface area contributed by atoms with E-state index in [1.807, 2.05) is 12.1 Å². The van der Waals surface area contributed by atoms with Crippen LogP contribution in [0, 0.1) is 11.8 Å². The number of hydrogen-bond donors (Lipinski definition) is 4. The fourth-order valence-corrected chi connectivity index (χ4v) is 6.80. The highest BCUT2D eigenvalue weighted by atomic mass is 32.2. The molecule has 1 amide bonds. The highest BCUT2D eigenvalue weighted by Crippen LogP contribution is 2.30. The molecule has 1 fully saturated rings. The third kappa shape index (κ3) is 7.99. The van der Waals surface area contributed by atoms with E-state index in [4.69, 9.17) is 5.73 Å². The van der Waals surface area contributed by atoms with Crippen molar-refractivity contribution < 1.29 is 18.0 Å². The van der Waals surface area contributed by atoms with E-state index in [9.17, 15) is 18.0 Å². The van der Waals surface area contributed by atoms with Gasteiger partial charge in [0.15, 0.2) is 5.78 Å². The second-order valence-corrected chi connectivity index (χ2v) is 12.3. The van der Waals surface area contributed by atoms with Gasteiger partial charge < -0.3 is 16.4 Å². The van der Waals surface area contributed by atoms with E-state index in [1.54, 1.807) is 49.6 Å². The maximum atomic E-state index is 14.1. The first-order valence-corrected chi connectivity index (χ1v) is 16.0. The summed E-state index contributed by atoms with van der Waals surface area (Å²) in [6.45, 7) is 5.11. The van der Waals surface area contributed by atoms with Crippen LogP contribution in [0.25, 0.3) is 11.3 Å². The molecule has 0 saturated carbocycles. The predicted molar refractivity (Wildman–Crippen MR) is 164 cm³/mol. The highest BCUT2D eigenvalue weighted by molar-refractivity contribution is 7.89. The summed E-state index contributed by atoms with van der Waals surface area (Å²) in [6, 6.07) is 12.8. The van der Waals surface area contributed by atoms with Crippen LogP contribution >= 0.6 is 0 Å². The Hall–Kier alpha value is -3.67. The minimum absolute atomic E-state index is 0.109. The van der Waals surface area contributed by atoms with Crippen molar-refractivity contribution >= 4 is 33.2 Å². The summed E-state index contributed by atoms with van der Waals surface area (Å²) in [5.41, 5.74) is 7.98. The lowest BCUT2D eigenvalue weighted by molar-refractivity contribution is -0.127. The predicted octanol–water partition coefficient (Wildman–Crippen LogP) is 3.95. The maximum absolute atomic E-state index is 14.1. The van der Waals surface area contributed by atoms with Gasteiger partial charge in [-0.05, 0) is 74.0 Å². The molecule has 10 nitrogen and oxygen atoms in total. The Bertz CT molecular complexity index is 1460. The Morgan fingerprint density at radius 1 is 1.12 bits per heavy atom. The number of sulfonamides is 1. The fourth-order valence-electron chi connectivity index (χ4n) is 5.38. The number of nitrogen functional groups attached to an aromatic ring is 1. The Balaban J connectivity index is 1.66. The van der Waals surface area contributed by atoms with Crippen molar-refractivity contribution in [2.45, 2.75) is 63.3 Å². The van der Waals surface area contributed by atoms with E-state index in [1.165, 1.54) is 6.07 Å². The Morgan fingerprint density at radius 2 is 1.95 bits per heavy atom. The number of Topliss-reactive ketones (excluding diaryl/α,β-unsaturated/α-hetero) is 1. The van der Waals surface area contributed by atoms with E-state index in [0.717, 1.165) is 24.9 Å². The zero-order valence-electron chi connectivity index (χ0n) is 24.2. The van der Waals surface area contributed by atoms with Gasteiger partial charge in [-0.2, -0.15) is 0 Å². The number of amides is 1. The average Bonchev–Trinajstić information content (AvgIpc) is 3.01. The molecule has 1 aromatic carbocycles. The Kier molecular flexibility index (Phi) is 10.8. The summed E-state index contributed by atoms with van der Waals surface area (Å²) in [4.78, 5) is 34.7. The summed E-state index contributed by atoms with van der Waals surface area (Å²) >= 11 is 0. The molecule has 1 aliphatic rings. The van der Waals surface area contributed by atoms with Crippen LogP contribution < -0.4 is 21.1 Å². The number of aryl methyl sites for hydroxylation is 1. The number of nitrogens with one attached hydrogen (secondary N) is 3. The number of rotatable bonds is 13. The molecule has 224 valence electrons. The summed E-state index contributed by atoms with van der Waals surface area (Å²) in [6.07, 6.45) is 6.70. The molecule has 0 spiro atoms. The molecule has 0 radical (unpaired) electrons. The lowest BCUT2D eigenvalue weighted by Gasteiger charge is -2.33. The van der Waals surface area contributed by atoms with Crippen LogP contribution in [-0.2, 0) is 26.0 Å². The van der Waals surface area contributed by atoms with Crippen LogP contribution in [0.1, 0.15) is 51.5 Å². The first-order valence-electron chi connectivity index (χ1n) is 14.5. The number of pyridine rings is 2. The second kappa shape index (κ2) is 14.5. The molecule has 4 rings (SSSR count). The van der Waals surface area contributed by atoms with Gasteiger partial charge in [0.1, 0.15) is 10.7 Å². The molecule has 3 unspecified atom stereocenters. The van der Waals surface area contributed by atoms with Crippen LogP contribution in [-0.4, -0.2) is 49.2 Å². The summed E-state index contributed by atoms with van der Waals surface area (Å²) in [5, 5.41) is 6.01. The smallest absolute Gasteiger partial charge is 0.243 e. The second-order valence-electron chi connectivity index (χ2n) is 10.7. The third-order valence-electron chi connectivity index (χ3n) is 7.79. The number of carbonyl (C=O) groups is 2. The van der Waals surface area contributed by atoms with Crippen LogP contribution in [0.4, 0.5) is 11.5 Å². The molecule has 3 heterocycles. The van der Waals surface area contributed by atoms with Crippen molar-refractivity contribution in [2.24, 2.45) is 11.8 Å². The third-order valence-corrected chi connectivity index (χ3v) is 9.30. The van der Waals surface area contributed by atoms with E-state index >= 15 is 0 Å². The first kappa shape index (κ1) is 31.3. The fraction of sp³-hybridized carbons (Fsp3) is 0.419. The SMILES string of the molecule is CCC(=O)Nc1ccc(-c2ccccn2)cc1S(=O)(=O)NC(CCCc1ccc(N)nc1)C(=O)C1CNCCC1CC. The van der Waals surface area contributed by atoms with Gasteiger partial charge in [0.05, 0.1) is 17.4 Å². The van der Waals surface area contributed by atoms with Crippen LogP contribution in [0.5, 0.6) is 0 Å². The van der Waals surface area contributed by atoms with Gasteiger partial charge in [-0.15, -0.1) is 0 Å². The van der Waals surface area contributed by atoms with Gasteiger partial charge in [-0.1, -0.05) is 38.5 Å². The lowest BCUT2D eigenvalue weighted by atomic mass is 9.79. The van der Waals surface area contributed by atoms with Crippen molar-refractivity contribution in [3.63, 3.8) is 0 Å². The minimum Gasteiger partial charge on any atom is -0.384 e. The Labute approximate surface area is 248 Å². The molecule has 0 bridgehead atoms. The molecule has 1 aliphatic heterocycles. The van der Waals surface area contributed by atoms with Crippen molar-refractivity contribution in [2.75, 3.05) is 24.1 Å². The minimum atomic E-state index is -4.25. The number of nitrogens with two attached hydrogens (primary N) is 1. The van der Waals surface area contributed by atoms with Gasteiger partial charge in [0, 0.05) is 36.8 Å². The number of nitrogens with zero attached hydrogens (tertiary/aromatic N) is 2. The van der Waals surface area contributed by atoms with Gasteiger partial charge in [0.25, 0.3) is 0 Å².